The molecule has 0 unspecified atom stereocenters. The first kappa shape index (κ1) is 20.8. The molecule has 0 radical (unpaired) electrons. The van der Waals surface area contributed by atoms with Gasteiger partial charge in [0, 0.05) is 18.1 Å². The molecule has 3 aromatic rings. The molecule has 5 nitrogen and oxygen atoms in total. The number of piperidine rings is 1. The van der Waals surface area contributed by atoms with Crippen molar-refractivity contribution in [3.63, 3.8) is 0 Å². The fourth-order valence-electron chi connectivity index (χ4n) is 3.25. The Labute approximate surface area is 182 Å². The lowest BCUT2D eigenvalue weighted by Crippen LogP contribution is -2.41. The summed E-state index contributed by atoms with van der Waals surface area (Å²) in [6, 6.07) is 7.73. The van der Waals surface area contributed by atoms with Crippen molar-refractivity contribution in [3.8, 4) is 5.19 Å². The smallest absolute Gasteiger partial charge is 0.274 e. The van der Waals surface area contributed by atoms with Gasteiger partial charge in [0.25, 0.3) is 5.19 Å². The monoisotopic (exact) mass is 474 g/mol. The van der Waals surface area contributed by atoms with E-state index in [0.29, 0.717) is 51.9 Å². The Morgan fingerprint density at radius 1 is 1.21 bits per heavy atom. The number of para-hydroxylation sites is 1. The summed E-state index contributed by atoms with van der Waals surface area (Å²) in [5.41, 5.74) is 0.941. The first-order valence-corrected chi connectivity index (χ1v) is 11.9. The molecule has 29 heavy (non-hydrogen) atoms. The van der Waals surface area contributed by atoms with Crippen molar-refractivity contribution in [3.05, 3.63) is 51.8 Å². The normalized spacial score (nSPS) is 16.4. The molecule has 0 amide bonds. The summed E-state index contributed by atoms with van der Waals surface area (Å²) < 4.78 is 47.8. The van der Waals surface area contributed by atoms with Crippen molar-refractivity contribution in [1.82, 2.24) is 9.29 Å². The van der Waals surface area contributed by atoms with Gasteiger partial charge in [0.1, 0.15) is 22.3 Å². The molecule has 0 atom stereocenters. The average Bonchev–Trinajstić information content (AvgIpc) is 3.09. The van der Waals surface area contributed by atoms with Gasteiger partial charge < -0.3 is 4.74 Å². The maximum Gasteiger partial charge on any atom is 0.274 e. The van der Waals surface area contributed by atoms with Crippen molar-refractivity contribution in [2.24, 2.45) is 0 Å². The highest BCUT2D eigenvalue weighted by molar-refractivity contribution is 7.89. The van der Waals surface area contributed by atoms with E-state index in [0.717, 1.165) is 0 Å². The summed E-state index contributed by atoms with van der Waals surface area (Å²) in [7, 11) is -3.73. The van der Waals surface area contributed by atoms with E-state index in [2.05, 4.69) is 4.98 Å². The Morgan fingerprint density at radius 3 is 2.62 bits per heavy atom. The van der Waals surface area contributed by atoms with E-state index in [-0.39, 0.29) is 21.8 Å². The summed E-state index contributed by atoms with van der Waals surface area (Å²) in [5.74, 6) is -0.385. The average molecular weight is 475 g/mol. The molecule has 0 saturated carbocycles. The highest BCUT2D eigenvalue weighted by atomic mass is 35.5. The van der Waals surface area contributed by atoms with Crippen LogP contribution in [0.15, 0.2) is 35.2 Å². The van der Waals surface area contributed by atoms with E-state index >= 15 is 0 Å². The van der Waals surface area contributed by atoms with E-state index in [1.807, 2.05) is 0 Å². The Balaban J connectivity index is 1.46. The summed E-state index contributed by atoms with van der Waals surface area (Å²) >= 11 is 13.4. The number of rotatable bonds is 4. The molecule has 1 saturated heterocycles. The Morgan fingerprint density at radius 2 is 1.93 bits per heavy atom. The molecule has 0 N–H and O–H groups in total. The molecule has 1 aliphatic heterocycles. The minimum absolute atomic E-state index is 0.0575. The van der Waals surface area contributed by atoms with Gasteiger partial charge in [-0.3, -0.25) is 0 Å². The minimum atomic E-state index is -3.73. The van der Waals surface area contributed by atoms with Crippen LogP contribution in [-0.2, 0) is 10.0 Å². The van der Waals surface area contributed by atoms with Crippen LogP contribution in [-0.4, -0.2) is 36.9 Å². The fraction of sp³-hybridized carbons (Fsp3) is 0.316. The van der Waals surface area contributed by atoms with E-state index < -0.39 is 10.0 Å². The molecular weight excluding hydrogens is 458 g/mol. The van der Waals surface area contributed by atoms with Crippen LogP contribution in [0.1, 0.15) is 18.4 Å². The Kier molecular flexibility index (Phi) is 5.74. The highest BCUT2D eigenvalue weighted by Crippen LogP contribution is 2.33. The van der Waals surface area contributed by atoms with Crippen LogP contribution in [0.2, 0.25) is 10.0 Å². The van der Waals surface area contributed by atoms with Crippen LogP contribution in [0.25, 0.3) is 10.2 Å². The zero-order valence-corrected chi connectivity index (χ0v) is 18.5. The lowest BCUT2D eigenvalue weighted by molar-refractivity contribution is 0.135. The van der Waals surface area contributed by atoms with Gasteiger partial charge in [-0.2, -0.15) is 9.29 Å². The molecule has 1 aliphatic rings. The lowest BCUT2D eigenvalue weighted by atomic mass is 10.1. The molecule has 10 heteroatoms. The molecule has 154 valence electrons. The number of aryl methyl sites for hydroxylation is 1. The predicted octanol–water partition coefficient (Wildman–Crippen LogP) is 5.28. The summed E-state index contributed by atoms with van der Waals surface area (Å²) in [5, 5.41) is 0.923. The largest absolute Gasteiger partial charge is 0.467 e. The molecule has 1 fully saturated rings. The van der Waals surface area contributed by atoms with Crippen molar-refractivity contribution >= 4 is 54.8 Å². The second-order valence-electron chi connectivity index (χ2n) is 6.82. The standard InChI is InChI=1S/C19H17Cl2FN2O3S2/c1-11-9-17(14(21)10-13(11)20)29(25,26)24-7-5-12(6-8-24)27-19-23-18-15(22)3-2-4-16(18)28-19/h2-4,9-10,12H,5-8H2,1H3. The van der Waals surface area contributed by atoms with Crippen LogP contribution in [0.3, 0.4) is 0 Å². The van der Waals surface area contributed by atoms with Gasteiger partial charge in [0.05, 0.1) is 9.72 Å². The molecule has 2 aromatic carbocycles. The maximum atomic E-state index is 13.8. The van der Waals surface area contributed by atoms with Crippen LogP contribution >= 0.6 is 34.5 Å². The van der Waals surface area contributed by atoms with Gasteiger partial charge in [0.2, 0.25) is 10.0 Å². The molecule has 0 aliphatic carbocycles. The number of halogens is 3. The number of fused-ring (bicyclic) bond motifs is 1. The lowest BCUT2D eigenvalue weighted by Gasteiger charge is -2.31. The fourth-order valence-corrected chi connectivity index (χ4v) is 6.42. The Bertz CT molecular complexity index is 1180. The molecule has 2 heterocycles. The van der Waals surface area contributed by atoms with E-state index in [4.69, 9.17) is 27.9 Å². The SMILES string of the molecule is Cc1cc(S(=O)(=O)N2CCC(Oc3nc4c(F)cccc4s3)CC2)c(Cl)cc1Cl. The van der Waals surface area contributed by atoms with E-state index in [9.17, 15) is 12.8 Å². The van der Waals surface area contributed by atoms with Crippen molar-refractivity contribution in [1.29, 1.82) is 0 Å². The zero-order valence-electron chi connectivity index (χ0n) is 15.4. The molecule has 4 rings (SSSR count). The number of sulfonamides is 1. The third-order valence-electron chi connectivity index (χ3n) is 4.85. The second-order valence-corrected chi connectivity index (χ2v) is 10.5. The van der Waals surface area contributed by atoms with Crippen LogP contribution < -0.4 is 4.74 Å². The predicted molar refractivity (Wildman–Crippen MR) is 113 cm³/mol. The number of benzene rings is 2. The molecular formula is C19H17Cl2FN2O3S2. The van der Waals surface area contributed by atoms with Gasteiger partial charge in [-0.05, 0) is 49.6 Å². The third kappa shape index (κ3) is 4.09. The second kappa shape index (κ2) is 8.00. The Hall–Kier alpha value is -1.45. The first-order chi connectivity index (χ1) is 13.8. The molecule has 0 bridgehead atoms. The summed E-state index contributed by atoms with van der Waals surface area (Å²) in [6.45, 7) is 2.33. The number of hydrogen-bond acceptors (Lipinski definition) is 5. The van der Waals surface area contributed by atoms with Gasteiger partial charge in [0.15, 0.2) is 0 Å². The van der Waals surface area contributed by atoms with Crippen LogP contribution in [0.5, 0.6) is 5.19 Å². The van der Waals surface area contributed by atoms with Gasteiger partial charge in [-0.25, -0.2) is 12.8 Å². The summed E-state index contributed by atoms with van der Waals surface area (Å²) in [6.07, 6.45) is 0.816. The highest BCUT2D eigenvalue weighted by Gasteiger charge is 2.32. The number of thiazole rings is 1. The topological polar surface area (TPSA) is 59.5 Å². The van der Waals surface area contributed by atoms with Crippen LogP contribution in [0.4, 0.5) is 4.39 Å². The van der Waals surface area contributed by atoms with Gasteiger partial charge >= 0.3 is 0 Å². The summed E-state index contributed by atoms with van der Waals surface area (Å²) in [4.78, 5) is 4.27. The molecule has 1 aromatic heterocycles. The van der Waals surface area contributed by atoms with Crippen molar-refractivity contribution in [2.75, 3.05) is 13.1 Å². The maximum absolute atomic E-state index is 13.8. The number of aromatic nitrogens is 1. The van der Waals surface area contributed by atoms with Crippen molar-refractivity contribution < 1.29 is 17.5 Å². The van der Waals surface area contributed by atoms with Gasteiger partial charge in [-0.15, -0.1) is 0 Å². The minimum Gasteiger partial charge on any atom is -0.467 e. The number of hydrogen-bond donors (Lipinski definition) is 0. The zero-order chi connectivity index (χ0) is 20.8. The van der Waals surface area contributed by atoms with Crippen molar-refractivity contribution in [2.45, 2.75) is 30.8 Å². The van der Waals surface area contributed by atoms with E-state index in [1.165, 1.54) is 33.8 Å². The number of ether oxygens (including phenoxy) is 1. The first-order valence-electron chi connectivity index (χ1n) is 8.93. The molecule has 0 spiro atoms. The van der Waals surface area contributed by atoms with Crippen LogP contribution in [0, 0.1) is 12.7 Å². The van der Waals surface area contributed by atoms with Gasteiger partial charge in [-0.1, -0.05) is 40.6 Å². The third-order valence-corrected chi connectivity index (χ3v) is 8.53. The van der Waals surface area contributed by atoms with E-state index in [1.54, 1.807) is 19.1 Å². The quantitative estimate of drug-likeness (QED) is 0.515. The number of nitrogens with zero attached hydrogens (tertiary/aromatic N) is 2.